The largest absolute Gasteiger partial charge is 0.396 e. The van der Waals surface area contributed by atoms with E-state index in [1.54, 1.807) is 35.4 Å². The summed E-state index contributed by atoms with van der Waals surface area (Å²) in [4.78, 5) is 19.4. The maximum Gasteiger partial charge on any atom is 0.298 e. The number of hydrogen-bond acceptors (Lipinski definition) is 7. The number of anilines is 1. The average Bonchev–Trinajstić information content (AvgIpc) is 2.72. The zero-order valence-corrected chi connectivity index (χ0v) is 17.0. The number of nitriles is 1. The molecule has 10 heteroatoms. The Hall–Kier alpha value is -2.74. The summed E-state index contributed by atoms with van der Waals surface area (Å²) in [7, 11) is -3.27. The standard InChI is InChI=1S/C19H23N5O4S/c1-29(27,28)23-10-8-22(9-11-23)18-19(26)24(14-16(21-18)3-2-12-25)17-6-4-15(13-20)5-7-17/h4-7,14,25H,2-3,8-12H2,1H3. The molecule has 0 spiro atoms. The fourth-order valence-electron chi connectivity index (χ4n) is 3.23. The Morgan fingerprint density at radius 1 is 1.17 bits per heavy atom. The first kappa shape index (κ1) is 21.0. The van der Waals surface area contributed by atoms with Crippen molar-refractivity contribution < 1.29 is 13.5 Å². The minimum atomic E-state index is -3.27. The lowest BCUT2D eigenvalue weighted by atomic mass is 10.2. The van der Waals surface area contributed by atoms with E-state index in [0.29, 0.717) is 42.9 Å². The summed E-state index contributed by atoms with van der Waals surface area (Å²) in [5.74, 6) is 0.262. The van der Waals surface area contributed by atoms with Crippen molar-refractivity contribution in [2.24, 2.45) is 0 Å². The Labute approximate surface area is 169 Å². The number of hydrogen-bond donors (Lipinski definition) is 1. The van der Waals surface area contributed by atoms with Crippen molar-refractivity contribution in [3.05, 3.63) is 52.1 Å². The van der Waals surface area contributed by atoms with E-state index < -0.39 is 10.0 Å². The third-order valence-electron chi connectivity index (χ3n) is 4.81. The van der Waals surface area contributed by atoms with E-state index in [-0.39, 0.29) is 31.1 Å². The predicted octanol–water partition coefficient (Wildman–Crippen LogP) is 0.111. The lowest BCUT2D eigenvalue weighted by Gasteiger charge is -2.33. The lowest BCUT2D eigenvalue weighted by molar-refractivity contribution is 0.288. The van der Waals surface area contributed by atoms with Gasteiger partial charge in [-0.3, -0.25) is 9.36 Å². The van der Waals surface area contributed by atoms with Crippen LogP contribution in [-0.4, -0.2) is 66.4 Å². The van der Waals surface area contributed by atoms with Crippen LogP contribution in [-0.2, 0) is 16.4 Å². The SMILES string of the molecule is CS(=O)(=O)N1CCN(c2nc(CCCO)cn(-c3ccc(C#N)cc3)c2=O)CC1. The third kappa shape index (κ3) is 4.82. The molecule has 1 aliphatic rings. The molecule has 0 bridgehead atoms. The number of piperazine rings is 1. The molecule has 0 atom stereocenters. The Balaban J connectivity index is 1.98. The van der Waals surface area contributed by atoms with Crippen molar-refractivity contribution in [3.63, 3.8) is 0 Å². The van der Waals surface area contributed by atoms with Gasteiger partial charge >= 0.3 is 0 Å². The van der Waals surface area contributed by atoms with Gasteiger partial charge in [-0.05, 0) is 37.1 Å². The number of aliphatic hydroxyl groups is 1. The molecule has 1 fully saturated rings. The number of aliphatic hydroxyl groups excluding tert-OH is 1. The van der Waals surface area contributed by atoms with Gasteiger partial charge in [-0.2, -0.15) is 9.57 Å². The first-order valence-electron chi connectivity index (χ1n) is 9.27. The molecule has 29 heavy (non-hydrogen) atoms. The van der Waals surface area contributed by atoms with Crippen LogP contribution in [0.15, 0.2) is 35.3 Å². The zero-order chi connectivity index (χ0) is 21.0. The second kappa shape index (κ2) is 8.73. The average molecular weight is 417 g/mol. The van der Waals surface area contributed by atoms with Gasteiger partial charge in [0.1, 0.15) is 0 Å². The first-order valence-corrected chi connectivity index (χ1v) is 11.1. The van der Waals surface area contributed by atoms with Crippen LogP contribution in [0.5, 0.6) is 0 Å². The summed E-state index contributed by atoms with van der Waals surface area (Å²) in [6.07, 6.45) is 3.84. The van der Waals surface area contributed by atoms with E-state index in [1.165, 1.54) is 15.1 Å². The molecule has 0 amide bonds. The molecule has 2 aromatic rings. The summed E-state index contributed by atoms with van der Waals surface area (Å²) >= 11 is 0. The highest BCUT2D eigenvalue weighted by atomic mass is 32.2. The highest BCUT2D eigenvalue weighted by Gasteiger charge is 2.26. The Kier molecular flexibility index (Phi) is 6.32. The molecule has 154 valence electrons. The van der Waals surface area contributed by atoms with E-state index in [4.69, 9.17) is 10.4 Å². The second-order valence-corrected chi connectivity index (χ2v) is 8.85. The third-order valence-corrected chi connectivity index (χ3v) is 6.11. The first-order chi connectivity index (χ1) is 13.8. The molecule has 1 aliphatic heterocycles. The van der Waals surface area contributed by atoms with Crippen molar-refractivity contribution in [1.82, 2.24) is 13.9 Å². The molecule has 0 aliphatic carbocycles. The summed E-state index contributed by atoms with van der Waals surface area (Å²) in [6, 6.07) is 8.72. The van der Waals surface area contributed by atoms with E-state index in [1.807, 2.05) is 6.07 Å². The molecule has 0 unspecified atom stereocenters. The molecule has 0 saturated carbocycles. The Bertz CT molecular complexity index is 1070. The van der Waals surface area contributed by atoms with Gasteiger partial charge < -0.3 is 10.0 Å². The van der Waals surface area contributed by atoms with Crippen LogP contribution in [0.3, 0.4) is 0 Å². The number of rotatable bonds is 6. The van der Waals surface area contributed by atoms with Gasteiger partial charge in [-0.15, -0.1) is 0 Å². The van der Waals surface area contributed by atoms with Gasteiger partial charge in [-0.25, -0.2) is 13.4 Å². The van der Waals surface area contributed by atoms with Gasteiger partial charge in [0.2, 0.25) is 10.0 Å². The Morgan fingerprint density at radius 3 is 2.38 bits per heavy atom. The van der Waals surface area contributed by atoms with E-state index >= 15 is 0 Å². The smallest absolute Gasteiger partial charge is 0.298 e. The molecule has 9 nitrogen and oxygen atoms in total. The molecule has 1 aromatic heterocycles. The quantitative estimate of drug-likeness (QED) is 0.708. The van der Waals surface area contributed by atoms with Crippen molar-refractivity contribution in [1.29, 1.82) is 5.26 Å². The van der Waals surface area contributed by atoms with Crippen LogP contribution in [0, 0.1) is 11.3 Å². The van der Waals surface area contributed by atoms with Gasteiger partial charge in [0, 0.05) is 44.7 Å². The highest BCUT2D eigenvalue weighted by Crippen LogP contribution is 2.15. The number of nitrogens with zero attached hydrogens (tertiary/aromatic N) is 5. The fourth-order valence-corrected chi connectivity index (χ4v) is 4.06. The number of sulfonamides is 1. The number of benzene rings is 1. The van der Waals surface area contributed by atoms with Crippen molar-refractivity contribution in [2.45, 2.75) is 12.8 Å². The van der Waals surface area contributed by atoms with Crippen LogP contribution in [0.2, 0.25) is 0 Å². The van der Waals surface area contributed by atoms with Crippen molar-refractivity contribution in [3.8, 4) is 11.8 Å². The molecule has 1 saturated heterocycles. The van der Waals surface area contributed by atoms with Gasteiger partial charge in [-0.1, -0.05) is 0 Å². The van der Waals surface area contributed by atoms with Crippen molar-refractivity contribution >= 4 is 15.8 Å². The van der Waals surface area contributed by atoms with E-state index in [9.17, 15) is 13.2 Å². The number of aromatic nitrogens is 2. The normalized spacial score (nSPS) is 15.3. The van der Waals surface area contributed by atoms with Crippen LogP contribution in [0.4, 0.5) is 5.82 Å². The minimum absolute atomic E-state index is 0.0139. The maximum atomic E-state index is 13.1. The maximum absolute atomic E-state index is 13.1. The minimum Gasteiger partial charge on any atom is -0.396 e. The van der Waals surface area contributed by atoms with Crippen LogP contribution in [0.1, 0.15) is 17.7 Å². The van der Waals surface area contributed by atoms with E-state index in [2.05, 4.69) is 4.98 Å². The summed E-state index contributed by atoms with van der Waals surface area (Å²) in [6.45, 7) is 1.33. The summed E-state index contributed by atoms with van der Waals surface area (Å²) < 4.78 is 26.4. The second-order valence-electron chi connectivity index (χ2n) is 6.87. The summed E-state index contributed by atoms with van der Waals surface area (Å²) in [5, 5.41) is 18.1. The van der Waals surface area contributed by atoms with Gasteiger partial charge in [0.25, 0.3) is 5.56 Å². The predicted molar refractivity (Wildman–Crippen MR) is 109 cm³/mol. The summed E-state index contributed by atoms with van der Waals surface area (Å²) in [5.41, 5.74) is 1.45. The Morgan fingerprint density at radius 2 is 1.83 bits per heavy atom. The lowest BCUT2D eigenvalue weighted by Crippen LogP contribution is -2.50. The molecule has 2 heterocycles. The van der Waals surface area contributed by atoms with E-state index in [0.717, 1.165) is 0 Å². The molecule has 1 N–H and O–H groups in total. The highest BCUT2D eigenvalue weighted by molar-refractivity contribution is 7.88. The van der Waals surface area contributed by atoms with Crippen LogP contribution < -0.4 is 10.5 Å². The molecule has 3 rings (SSSR count). The molecular formula is C19H23N5O4S. The number of aryl methyl sites for hydroxylation is 1. The zero-order valence-electron chi connectivity index (χ0n) is 16.2. The van der Waals surface area contributed by atoms with Crippen molar-refractivity contribution in [2.75, 3.05) is 43.9 Å². The van der Waals surface area contributed by atoms with Gasteiger partial charge in [0.15, 0.2) is 5.82 Å². The fraction of sp³-hybridized carbons (Fsp3) is 0.421. The van der Waals surface area contributed by atoms with Gasteiger partial charge in [0.05, 0.1) is 23.6 Å². The monoisotopic (exact) mass is 417 g/mol. The molecule has 1 aromatic carbocycles. The molecule has 0 radical (unpaired) electrons. The van der Waals surface area contributed by atoms with Crippen LogP contribution in [0.25, 0.3) is 5.69 Å². The topological polar surface area (TPSA) is 120 Å². The van der Waals surface area contributed by atoms with Crippen LogP contribution >= 0.6 is 0 Å². The molecular weight excluding hydrogens is 394 g/mol.